The summed E-state index contributed by atoms with van der Waals surface area (Å²) in [5, 5.41) is 2.19. The Labute approximate surface area is 99.3 Å². The SMILES string of the molecule is CCc1cc2ccc3cccnc3c2nc1N. The summed E-state index contributed by atoms with van der Waals surface area (Å²) in [4.78, 5) is 8.88. The Morgan fingerprint density at radius 3 is 2.76 bits per heavy atom. The molecule has 3 nitrogen and oxygen atoms in total. The van der Waals surface area contributed by atoms with Crippen molar-refractivity contribution < 1.29 is 0 Å². The quantitative estimate of drug-likeness (QED) is 0.645. The van der Waals surface area contributed by atoms with E-state index in [1.165, 1.54) is 0 Å². The molecule has 17 heavy (non-hydrogen) atoms. The number of fused-ring (bicyclic) bond motifs is 3. The van der Waals surface area contributed by atoms with Gasteiger partial charge in [0.1, 0.15) is 5.82 Å². The van der Waals surface area contributed by atoms with E-state index in [1.807, 2.05) is 12.1 Å². The lowest BCUT2D eigenvalue weighted by atomic mass is 10.1. The van der Waals surface area contributed by atoms with Crippen molar-refractivity contribution in [2.75, 3.05) is 5.73 Å². The van der Waals surface area contributed by atoms with Crippen molar-refractivity contribution in [2.24, 2.45) is 0 Å². The number of aromatic nitrogens is 2. The van der Waals surface area contributed by atoms with Gasteiger partial charge in [-0.1, -0.05) is 25.1 Å². The third-order valence-electron chi connectivity index (χ3n) is 3.05. The van der Waals surface area contributed by atoms with Crippen LogP contribution in [0.4, 0.5) is 5.82 Å². The average Bonchev–Trinajstić information content (AvgIpc) is 2.38. The molecule has 0 aliphatic heterocycles. The molecule has 2 N–H and O–H groups in total. The molecule has 3 rings (SSSR count). The molecule has 0 aliphatic rings. The number of nitrogens with two attached hydrogens (primary N) is 1. The van der Waals surface area contributed by atoms with Crippen molar-refractivity contribution in [3.63, 3.8) is 0 Å². The van der Waals surface area contributed by atoms with E-state index in [2.05, 4.69) is 35.1 Å². The van der Waals surface area contributed by atoms with Crippen LogP contribution in [0.3, 0.4) is 0 Å². The number of nitrogen functional groups attached to an aromatic ring is 1. The van der Waals surface area contributed by atoms with Gasteiger partial charge in [-0.3, -0.25) is 4.98 Å². The van der Waals surface area contributed by atoms with E-state index in [4.69, 9.17) is 5.73 Å². The molecular formula is C14H13N3. The Kier molecular flexibility index (Phi) is 2.18. The standard InChI is InChI=1S/C14H13N3/c1-2-9-8-11-6-5-10-4-3-7-16-12(10)13(11)17-14(9)15/h3-8H,2H2,1H3,(H2,15,17). The molecule has 1 aromatic carbocycles. The zero-order chi connectivity index (χ0) is 11.8. The Morgan fingerprint density at radius 1 is 1.12 bits per heavy atom. The lowest BCUT2D eigenvalue weighted by Crippen LogP contribution is -1.97. The van der Waals surface area contributed by atoms with E-state index >= 15 is 0 Å². The van der Waals surface area contributed by atoms with Crippen LogP contribution in [0.5, 0.6) is 0 Å². The summed E-state index contributed by atoms with van der Waals surface area (Å²) in [6.45, 7) is 2.08. The van der Waals surface area contributed by atoms with E-state index in [9.17, 15) is 0 Å². The van der Waals surface area contributed by atoms with Gasteiger partial charge in [0.15, 0.2) is 0 Å². The predicted octanol–water partition coefficient (Wildman–Crippen LogP) is 2.93. The molecule has 0 spiro atoms. The minimum Gasteiger partial charge on any atom is -0.383 e. The number of pyridine rings is 2. The summed E-state index contributed by atoms with van der Waals surface area (Å²) in [6.07, 6.45) is 2.68. The largest absolute Gasteiger partial charge is 0.383 e. The van der Waals surface area contributed by atoms with Gasteiger partial charge >= 0.3 is 0 Å². The predicted molar refractivity (Wildman–Crippen MR) is 70.8 cm³/mol. The summed E-state index contributed by atoms with van der Waals surface area (Å²) in [6, 6.07) is 10.2. The maximum absolute atomic E-state index is 5.95. The highest BCUT2D eigenvalue weighted by molar-refractivity contribution is 6.03. The van der Waals surface area contributed by atoms with Crippen LogP contribution in [0.2, 0.25) is 0 Å². The van der Waals surface area contributed by atoms with Crippen LogP contribution >= 0.6 is 0 Å². The maximum atomic E-state index is 5.95. The number of nitrogens with zero attached hydrogens (tertiary/aromatic N) is 2. The molecule has 0 unspecified atom stereocenters. The zero-order valence-electron chi connectivity index (χ0n) is 9.64. The second-order valence-corrected chi connectivity index (χ2v) is 4.10. The third-order valence-corrected chi connectivity index (χ3v) is 3.05. The van der Waals surface area contributed by atoms with E-state index in [-0.39, 0.29) is 0 Å². The van der Waals surface area contributed by atoms with Crippen molar-refractivity contribution in [2.45, 2.75) is 13.3 Å². The molecule has 0 saturated carbocycles. The Balaban J connectivity index is 2.46. The number of anilines is 1. The van der Waals surface area contributed by atoms with E-state index in [0.29, 0.717) is 5.82 Å². The first kappa shape index (κ1) is 10.0. The van der Waals surface area contributed by atoms with Gasteiger partial charge in [0.25, 0.3) is 0 Å². The van der Waals surface area contributed by atoms with Gasteiger partial charge in [-0.2, -0.15) is 0 Å². The minimum absolute atomic E-state index is 0.609. The number of benzene rings is 1. The van der Waals surface area contributed by atoms with Gasteiger partial charge in [0, 0.05) is 17.0 Å². The molecule has 0 radical (unpaired) electrons. The van der Waals surface area contributed by atoms with Gasteiger partial charge in [-0.15, -0.1) is 0 Å². The smallest absolute Gasteiger partial charge is 0.127 e. The average molecular weight is 223 g/mol. The van der Waals surface area contributed by atoms with Crippen LogP contribution in [0.1, 0.15) is 12.5 Å². The number of rotatable bonds is 1. The molecule has 0 aliphatic carbocycles. The van der Waals surface area contributed by atoms with Gasteiger partial charge in [0.05, 0.1) is 11.0 Å². The van der Waals surface area contributed by atoms with Gasteiger partial charge in [-0.05, 0) is 24.1 Å². The van der Waals surface area contributed by atoms with Crippen molar-refractivity contribution >= 4 is 27.6 Å². The Morgan fingerprint density at radius 2 is 1.94 bits per heavy atom. The van der Waals surface area contributed by atoms with Crippen LogP contribution in [0, 0.1) is 0 Å². The first-order valence-corrected chi connectivity index (χ1v) is 5.72. The van der Waals surface area contributed by atoms with E-state index in [0.717, 1.165) is 33.8 Å². The van der Waals surface area contributed by atoms with Gasteiger partial charge in [-0.25, -0.2) is 4.98 Å². The lowest BCUT2D eigenvalue weighted by molar-refractivity contribution is 1.13. The first-order valence-electron chi connectivity index (χ1n) is 5.72. The molecule has 2 aromatic heterocycles. The highest BCUT2D eigenvalue weighted by Gasteiger charge is 2.06. The molecule has 3 aromatic rings. The highest BCUT2D eigenvalue weighted by Crippen LogP contribution is 2.25. The summed E-state index contributed by atoms with van der Waals surface area (Å²) < 4.78 is 0. The fourth-order valence-electron chi connectivity index (χ4n) is 2.12. The fourth-order valence-corrected chi connectivity index (χ4v) is 2.12. The highest BCUT2D eigenvalue weighted by atomic mass is 14.9. The van der Waals surface area contributed by atoms with Crippen molar-refractivity contribution in [3.05, 3.63) is 42.1 Å². The molecule has 0 amide bonds. The van der Waals surface area contributed by atoms with Crippen LogP contribution < -0.4 is 5.73 Å². The summed E-state index contributed by atoms with van der Waals surface area (Å²) in [5.74, 6) is 0.609. The van der Waals surface area contributed by atoms with E-state index < -0.39 is 0 Å². The number of hydrogen-bond acceptors (Lipinski definition) is 3. The van der Waals surface area contributed by atoms with Crippen LogP contribution in [0.15, 0.2) is 36.5 Å². The second-order valence-electron chi connectivity index (χ2n) is 4.10. The zero-order valence-corrected chi connectivity index (χ0v) is 9.64. The Bertz CT molecular complexity index is 704. The first-order chi connectivity index (χ1) is 8.29. The third kappa shape index (κ3) is 1.51. The van der Waals surface area contributed by atoms with Gasteiger partial charge < -0.3 is 5.73 Å². The molecule has 0 saturated heterocycles. The summed E-state index contributed by atoms with van der Waals surface area (Å²) >= 11 is 0. The second kappa shape index (κ2) is 3.70. The van der Waals surface area contributed by atoms with Crippen LogP contribution in [-0.4, -0.2) is 9.97 Å². The minimum atomic E-state index is 0.609. The van der Waals surface area contributed by atoms with Crippen molar-refractivity contribution in [1.82, 2.24) is 9.97 Å². The van der Waals surface area contributed by atoms with Crippen LogP contribution in [-0.2, 0) is 6.42 Å². The summed E-state index contributed by atoms with van der Waals surface area (Å²) in [5.41, 5.74) is 8.84. The molecule has 3 heteroatoms. The molecular weight excluding hydrogens is 210 g/mol. The Hall–Kier alpha value is -2.16. The number of aryl methyl sites for hydroxylation is 1. The van der Waals surface area contributed by atoms with Crippen molar-refractivity contribution in [3.8, 4) is 0 Å². The lowest BCUT2D eigenvalue weighted by Gasteiger charge is -2.06. The molecule has 0 atom stereocenters. The topological polar surface area (TPSA) is 51.8 Å². The van der Waals surface area contributed by atoms with Crippen LogP contribution in [0.25, 0.3) is 21.8 Å². The maximum Gasteiger partial charge on any atom is 0.127 e. The monoisotopic (exact) mass is 223 g/mol. The molecule has 0 bridgehead atoms. The normalized spacial score (nSPS) is 11.1. The molecule has 84 valence electrons. The molecule has 0 fully saturated rings. The van der Waals surface area contributed by atoms with E-state index in [1.54, 1.807) is 6.20 Å². The fraction of sp³-hybridized carbons (Fsp3) is 0.143. The van der Waals surface area contributed by atoms with Crippen molar-refractivity contribution in [1.29, 1.82) is 0 Å². The summed E-state index contributed by atoms with van der Waals surface area (Å²) in [7, 11) is 0. The van der Waals surface area contributed by atoms with Gasteiger partial charge in [0.2, 0.25) is 0 Å². The molecule has 2 heterocycles. The number of hydrogen-bond donors (Lipinski definition) is 1.